The molecule has 0 radical (unpaired) electrons. The molecule has 2 aromatic carbocycles. The molecule has 40 heavy (non-hydrogen) atoms. The minimum Gasteiger partial charge on any atom is -0.543 e. The molecule has 0 saturated heterocycles. The van der Waals surface area contributed by atoms with Crippen molar-refractivity contribution >= 4 is 28.2 Å². The second-order valence-corrected chi connectivity index (χ2v) is 24.0. The molecule has 0 bridgehead atoms. The first-order valence-electron chi connectivity index (χ1n) is 15.5. The van der Waals surface area contributed by atoms with Gasteiger partial charge in [-0.15, -0.1) is 0 Å². The lowest BCUT2D eigenvalue weighted by Gasteiger charge is -2.42. The lowest BCUT2D eigenvalue weighted by atomic mass is 9.89. The van der Waals surface area contributed by atoms with Crippen LogP contribution in [0.2, 0.25) is 36.3 Å². The second kappa shape index (κ2) is 11.0. The SMILES string of the molecule is CC(C)C(C)(C)[Si](C)(C)OC1=CC(CCC2C=C(O[Si](C)(C)C(C)(C)C(C)C)c3ccccc32)c2ccccc21. The maximum absolute atomic E-state index is 7.01. The van der Waals surface area contributed by atoms with Crippen LogP contribution in [0.1, 0.15) is 102 Å². The molecule has 218 valence electrons. The van der Waals surface area contributed by atoms with E-state index in [-0.39, 0.29) is 10.1 Å². The number of benzene rings is 2. The molecule has 0 saturated carbocycles. The summed E-state index contributed by atoms with van der Waals surface area (Å²) in [6.07, 6.45) is 7.05. The Labute approximate surface area is 247 Å². The highest BCUT2D eigenvalue weighted by Gasteiger charge is 2.47. The monoisotopic (exact) mass is 574 g/mol. The molecule has 2 atom stereocenters. The van der Waals surface area contributed by atoms with Crippen LogP contribution in [-0.2, 0) is 8.85 Å². The summed E-state index contributed by atoms with van der Waals surface area (Å²) in [6, 6.07) is 17.8. The van der Waals surface area contributed by atoms with Crippen molar-refractivity contribution in [3.8, 4) is 0 Å². The summed E-state index contributed by atoms with van der Waals surface area (Å²) in [5.41, 5.74) is 5.43. The van der Waals surface area contributed by atoms with Gasteiger partial charge in [-0.2, -0.15) is 0 Å². The molecule has 2 unspecified atom stereocenters. The van der Waals surface area contributed by atoms with E-state index in [1.807, 2.05) is 0 Å². The summed E-state index contributed by atoms with van der Waals surface area (Å²) >= 11 is 0. The minimum absolute atomic E-state index is 0.177. The number of hydrogen-bond donors (Lipinski definition) is 0. The van der Waals surface area contributed by atoms with Crippen LogP contribution in [0.4, 0.5) is 0 Å². The van der Waals surface area contributed by atoms with Crippen LogP contribution in [-0.4, -0.2) is 16.6 Å². The molecule has 2 aliphatic carbocycles. The Bertz CT molecular complexity index is 1180. The number of hydrogen-bond acceptors (Lipinski definition) is 2. The predicted molar refractivity (Wildman–Crippen MR) is 178 cm³/mol. The molecule has 2 aliphatic rings. The zero-order valence-electron chi connectivity index (χ0n) is 27.3. The molecule has 4 heteroatoms. The van der Waals surface area contributed by atoms with Crippen molar-refractivity contribution in [1.29, 1.82) is 0 Å². The summed E-state index contributed by atoms with van der Waals surface area (Å²) in [4.78, 5) is 0. The van der Waals surface area contributed by atoms with Gasteiger partial charge in [-0.25, -0.2) is 0 Å². The molecule has 0 spiro atoms. The molecule has 2 nitrogen and oxygen atoms in total. The first kappa shape index (κ1) is 30.9. The van der Waals surface area contributed by atoms with E-state index in [4.69, 9.17) is 8.85 Å². The molecule has 0 aromatic heterocycles. The highest BCUT2D eigenvalue weighted by molar-refractivity contribution is 6.75. The van der Waals surface area contributed by atoms with Crippen molar-refractivity contribution in [2.45, 2.75) is 116 Å². The molecule has 0 heterocycles. The summed E-state index contributed by atoms with van der Waals surface area (Å²) in [6.45, 7) is 28.4. The number of allylic oxidation sites excluding steroid dienone is 2. The van der Waals surface area contributed by atoms with E-state index in [9.17, 15) is 0 Å². The fraction of sp³-hybridized carbons (Fsp3) is 0.556. The third kappa shape index (κ3) is 5.55. The zero-order chi connectivity index (χ0) is 29.7. The van der Waals surface area contributed by atoms with E-state index in [0.717, 1.165) is 24.4 Å². The Kier molecular flexibility index (Phi) is 8.48. The van der Waals surface area contributed by atoms with Crippen LogP contribution < -0.4 is 0 Å². The molecular formula is C36H54O2Si2. The Morgan fingerprint density at radius 3 is 1.25 bits per heavy atom. The van der Waals surface area contributed by atoms with E-state index in [1.54, 1.807) is 0 Å². The van der Waals surface area contributed by atoms with Gasteiger partial charge in [0, 0.05) is 23.0 Å². The quantitative estimate of drug-likeness (QED) is 0.248. The predicted octanol–water partition coefficient (Wildman–Crippen LogP) is 11.4. The van der Waals surface area contributed by atoms with Crippen molar-refractivity contribution < 1.29 is 8.85 Å². The molecular weight excluding hydrogens is 521 g/mol. The van der Waals surface area contributed by atoms with E-state index in [1.165, 1.54) is 22.3 Å². The van der Waals surface area contributed by atoms with Gasteiger partial charge >= 0.3 is 0 Å². The maximum atomic E-state index is 7.01. The molecule has 2 aromatic rings. The van der Waals surface area contributed by atoms with Gasteiger partial charge in [-0.3, -0.25) is 0 Å². The summed E-state index contributed by atoms with van der Waals surface area (Å²) in [5.74, 6) is 4.14. The highest BCUT2D eigenvalue weighted by atomic mass is 28.4. The van der Waals surface area contributed by atoms with E-state index < -0.39 is 16.6 Å². The largest absolute Gasteiger partial charge is 0.543 e. The van der Waals surface area contributed by atoms with Gasteiger partial charge < -0.3 is 8.85 Å². The number of rotatable bonds is 11. The average molecular weight is 575 g/mol. The van der Waals surface area contributed by atoms with Gasteiger partial charge in [-0.1, -0.05) is 104 Å². The Balaban J connectivity index is 1.57. The fourth-order valence-electron chi connectivity index (χ4n) is 6.03. The van der Waals surface area contributed by atoms with Crippen molar-refractivity contribution in [2.75, 3.05) is 0 Å². The molecule has 0 amide bonds. The first-order valence-corrected chi connectivity index (χ1v) is 21.3. The van der Waals surface area contributed by atoms with Crippen LogP contribution in [0, 0.1) is 11.8 Å². The molecule has 0 N–H and O–H groups in total. The first-order chi connectivity index (χ1) is 18.5. The van der Waals surface area contributed by atoms with Gasteiger partial charge in [-0.05, 0) is 84.2 Å². The molecule has 0 fully saturated rings. The van der Waals surface area contributed by atoms with Gasteiger partial charge in [0.1, 0.15) is 11.5 Å². The third-order valence-electron chi connectivity index (χ3n) is 11.5. The van der Waals surface area contributed by atoms with Crippen molar-refractivity contribution in [1.82, 2.24) is 0 Å². The lowest BCUT2D eigenvalue weighted by molar-refractivity contribution is 0.378. The molecule has 4 rings (SSSR count). The van der Waals surface area contributed by atoms with Crippen molar-refractivity contribution in [2.24, 2.45) is 11.8 Å². The van der Waals surface area contributed by atoms with E-state index in [0.29, 0.717) is 23.7 Å². The Morgan fingerprint density at radius 1 is 0.600 bits per heavy atom. The standard InChI is InChI=1S/C36H54O2Si2/c1-25(2)35(5,6)39(9,10)37-33-23-27(29-17-13-15-19-31(29)33)21-22-28-24-34(32-20-16-14-18-30(28)32)38-40(11,12)36(7,8)26(3)4/h13-20,23-28H,21-22H2,1-12H3. The van der Waals surface area contributed by atoms with Crippen LogP contribution in [0.3, 0.4) is 0 Å². The second-order valence-electron chi connectivity index (χ2n) is 15.0. The maximum Gasteiger partial charge on any atom is 0.251 e. The Hall–Kier alpha value is -2.05. The highest BCUT2D eigenvalue weighted by Crippen LogP contribution is 2.51. The topological polar surface area (TPSA) is 18.5 Å². The van der Waals surface area contributed by atoms with Crippen LogP contribution in [0.15, 0.2) is 60.7 Å². The van der Waals surface area contributed by atoms with Crippen molar-refractivity contribution in [3.63, 3.8) is 0 Å². The normalized spacial score (nSPS) is 19.4. The fourth-order valence-corrected chi connectivity index (χ4v) is 10.8. The van der Waals surface area contributed by atoms with Crippen LogP contribution in [0.25, 0.3) is 11.5 Å². The average Bonchev–Trinajstić information content (AvgIpc) is 3.39. The van der Waals surface area contributed by atoms with E-state index in [2.05, 4.69) is 142 Å². The number of fused-ring (bicyclic) bond motifs is 2. The lowest BCUT2D eigenvalue weighted by Crippen LogP contribution is -2.44. The van der Waals surface area contributed by atoms with Crippen LogP contribution >= 0.6 is 0 Å². The Morgan fingerprint density at radius 2 is 0.925 bits per heavy atom. The summed E-state index contributed by atoms with van der Waals surface area (Å²) < 4.78 is 14.0. The van der Waals surface area contributed by atoms with Gasteiger partial charge in [0.25, 0.3) is 16.6 Å². The van der Waals surface area contributed by atoms with Crippen LogP contribution in [0.5, 0.6) is 0 Å². The van der Waals surface area contributed by atoms with Gasteiger partial charge in [0.05, 0.1) is 0 Å². The zero-order valence-corrected chi connectivity index (χ0v) is 29.3. The summed E-state index contributed by atoms with van der Waals surface area (Å²) in [5, 5.41) is 0.355. The van der Waals surface area contributed by atoms with Gasteiger partial charge in [0.2, 0.25) is 0 Å². The minimum atomic E-state index is -2.00. The third-order valence-corrected chi connectivity index (χ3v) is 20.3. The van der Waals surface area contributed by atoms with Gasteiger partial charge in [0.15, 0.2) is 0 Å². The smallest absolute Gasteiger partial charge is 0.251 e. The van der Waals surface area contributed by atoms with E-state index >= 15 is 0 Å². The summed E-state index contributed by atoms with van der Waals surface area (Å²) in [7, 11) is -4.00. The van der Waals surface area contributed by atoms with Crippen molar-refractivity contribution in [3.05, 3.63) is 82.9 Å². The molecule has 0 aliphatic heterocycles.